The first-order valence-corrected chi connectivity index (χ1v) is 3.95. The first-order valence-electron chi connectivity index (χ1n) is 3.95. The summed E-state index contributed by atoms with van der Waals surface area (Å²) in [6.45, 7) is 3.76. The van der Waals surface area contributed by atoms with E-state index in [1.807, 2.05) is 13.8 Å². The third-order valence-electron chi connectivity index (χ3n) is 1.69. The van der Waals surface area contributed by atoms with Crippen LogP contribution in [0, 0.1) is 5.92 Å². The number of imidazole rings is 1. The fourth-order valence-corrected chi connectivity index (χ4v) is 0.669. The number of esters is 1. The third kappa shape index (κ3) is 2.08. The number of carbonyl (C=O) groups is 1. The molecule has 66 valence electrons. The van der Waals surface area contributed by atoms with E-state index in [9.17, 15) is 4.79 Å². The lowest BCUT2D eigenvalue weighted by Crippen LogP contribution is -2.17. The fourth-order valence-electron chi connectivity index (χ4n) is 0.669. The molecule has 4 heteroatoms. The monoisotopic (exact) mass is 168 g/mol. The van der Waals surface area contributed by atoms with E-state index in [2.05, 4.69) is 9.97 Å². The van der Waals surface area contributed by atoms with Gasteiger partial charge in [0.25, 0.3) is 0 Å². The minimum Gasteiger partial charge on any atom is -0.392 e. The van der Waals surface area contributed by atoms with Gasteiger partial charge in [-0.15, -0.1) is 0 Å². The van der Waals surface area contributed by atoms with Crippen molar-refractivity contribution in [2.45, 2.75) is 20.3 Å². The summed E-state index contributed by atoms with van der Waals surface area (Å²) in [5.41, 5.74) is 0. The van der Waals surface area contributed by atoms with E-state index >= 15 is 0 Å². The molecule has 1 rings (SSSR count). The number of H-pyrrole nitrogens is 1. The Kier molecular flexibility index (Phi) is 2.85. The Labute approximate surface area is 71.0 Å². The molecular weight excluding hydrogens is 156 g/mol. The Hall–Kier alpha value is -1.32. The largest absolute Gasteiger partial charge is 0.392 e. The highest BCUT2D eigenvalue weighted by molar-refractivity contribution is 5.73. The number of ether oxygens (including phenoxy) is 1. The van der Waals surface area contributed by atoms with Crippen molar-refractivity contribution >= 4 is 5.97 Å². The van der Waals surface area contributed by atoms with Gasteiger partial charge in [-0.25, -0.2) is 4.98 Å². The summed E-state index contributed by atoms with van der Waals surface area (Å²) in [6.07, 6.45) is 3.93. The zero-order chi connectivity index (χ0) is 8.97. The van der Waals surface area contributed by atoms with Gasteiger partial charge in [-0.2, -0.15) is 0 Å². The topological polar surface area (TPSA) is 55.0 Å². The summed E-state index contributed by atoms with van der Waals surface area (Å²) in [7, 11) is 0. The van der Waals surface area contributed by atoms with Gasteiger partial charge < -0.3 is 9.72 Å². The SMILES string of the molecule is CCC(C)C(=O)Oc1ncc[nH]1. The minimum absolute atomic E-state index is 0.0740. The van der Waals surface area contributed by atoms with E-state index in [0.717, 1.165) is 6.42 Å². The Balaban J connectivity index is 2.47. The number of nitrogens with one attached hydrogen (secondary N) is 1. The van der Waals surface area contributed by atoms with E-state index in [1.54, 1.807) is 12.4 Å². The van der Waals surface area contributed by atoms with Crippen molar-refractivity contribution in [1.82, 2.24) is 9.97 Å². The fraction of sp³-hybridized carbons (Fsp3) is 0.500. The Morgan fingerprint density at radius 1 is 1.83 bits per heavy atom. The van der Waals surface area contributed by atoms with Crippen LogP contribution in [0.1, 0.15) is 20.3 Å². The molecule has 0 fully saturated rings. The molecule has 1 atom stereocenters. The second-order valence-corrected chi connectivity index (χ2v) is 2.62. The van der Waals surface area contributed by atoms with Crippen LogP contribution in [0.25, 0.3) is 0 Å². The van der Waals surface area contributed by atoms with Gasteiger partial charge in [0.2, 0.25) is 0 Å². The smallest absolute Gasteiger partial charge is 0.316 e. The molecule has 12 heavy (non-hydrogen) atoms. The first-order chi connectivity index (χ1) is 5.74. The van der Waals surface area contributed by atoms with Crippen molar-refractivity contribution in [3.63, 3.8) is 0 Å². The lowest BCUT2D eigenvalue weighted by molar-refractivity contribution is -0.138. The molecule has 4 nitrogen and oxygen atoms in total. The number of carbonyl (C=O) groups excluding carboxylic acids is 1. The van der Waals surface area contributed by atoms with Gasteiger partial charge in [-0.05, 0) is 6.42 Å². The molecule has 0 radical (unpaired) electrons. The van der Waals surface area contributed by atoms with Crippen molar-refractivity contribution in [3.05, 3.63) is 12.4 Å². The lowest BCUT2D eigenvalue weighted by Gasteiger charge is -2.05. The van der Waals surface area contributed by atoms with Gasteiger partial charge in [-0.3, -0.25) is 4.79 Å². The van der Waals surface area contributed by atoms with E-state index in [-0.39, 0.29) is 17.9 Å². The number of aromatic nitrogens is 2. The van der Waals surface area contributed by atoms with Gasteiger partial charge in [-0.1, -0.05) is 13.8 Å². The highest BCUT2D eigenvalue weighted by atomic mass is 16.5. The maximum Gasteiger partial charge on any atom is 0.316 e. The van der Waals surface area contributed by atoms with Crippen molar-refractivity contribution in [2.75, 3.05) is 0 Å². The summed E-state index contributed by atoms with van der Waals surface area (Å²) in [5, 5.41) is 0. The number of hydrogen-bond acceptors (Lipinski definition) is 3. The van der Waals surface area contributed by atoms with Crippen molar-refractivity contribution in [3.8, 4) is 6.01 Å². The number of rotatable bonds is 3. The molecule has 0 amide bonds. The predicted molar refractivity (Wildman–Crippen MR) is 43.7 cm³/mol. The van der Waals surface area contributed by atoms with Gasteiger partial charge >= 0.3 is 12.0 Å². The molecule has 0 saturated carbocycles. The van der Waals surface area contributed by atoms with Gasteiger partial charge in [0, 0.05) is 12.4 Å². The zero-order valence-electron chi connectivity index (χ0n) is 7.20. The van der Waals surface area contributed by atoms with Crippen molar-refractivity contribution in [1.29, 1.82) is 0 Å². The molecule has 1 aromatic heterocycles. The average molecular weight is 168 g/mol. The first kappa shape index (κ1) is 8.77. The van der Waals surface area contributed by atoms with Crippen LogP contribution in [0.3, 0.4) is 0 Å². The molecule has 0 bridgehead atoms. The van der Waals surface area contributed by atoms with Crippen LogP contribution in [0.5, 0.6) is 6.01 Å². The quantitative estimate of drug-likeness (QED) is 0.693. The number of aromatic amines is 1. The Morgan fingerprint density at radius 3 is 3.08 bits per heavy atom. The highest BCUT2D eigenvalue weighted by Gasteiger charge is 2.13. The lowest BCUT2D eigenvalue weighted by atomic mass is 10.1. The Bertz CT molecular complexity index is 244. The van der Waals surface area contributed by atoms with Crippen LogP contribution in [0.15, 0.2) is 12.4 Å². The van der Waals surface area contributed by atoms with Crippen LogP contribution in [-0.2, 0) is 4.79 Å². The average Bonchev–Trinajstić information content (AvgIpc) is 2.55. The van der Waals surface area contributed by atoms with Crippen molar-refractivity contribution in [2.24, 2.45) is 5.92 Å². The molecular formula is C8H12N2O2. The Morgan fingerprint density at radius 2 is 2.58 bits per heavy atom. The standard InChI is InChI=1S/C8H12N2O2/c1-3-6(2)7(11)12-8-9-4-5-10-8/h4-6H,3H2,1-2H3,(H,9,10). The van der Waals surface area contributed by atoms with E-state index in [4.69, 9.17) is 4.74 Å². The van der Waals surface area contributed by atoms with Crippen LogP contribution >= 0.6 is 0 Å². The highest BCUT2D eigenvalue weighted by Crippen LogP contribution is 2.06. The van der Waals surface area contributed by atoms with Crippen molar-refractivity contribution < 1.29 is 9.53 Å². The van der Waals surface area contributed by atoms with Gasteiger partial charge in [0.05, 0.1) is 5.92 Å². The van der Waals surface area contributed by atoms with Crippen LogP contribution in [0.4, 0.5) is 0 Å². The minimum atomic E-state index is -0.243. The zero-order valence-corrected chi connectivity index (χ0v) is 7.20. The number of nitrogens with zero attached hydrogens (tertiary/aromatic N) is 1. The molecule has 0 saturated heterocycles. The molecule has 1 aromatic rings. The summed E-state index contributed by atoms with van der Waals surface area (Å²) in [4.78, 5) is 17.6. The molecule has 0 spiro atoms. The van der Waals surface area contributed by atoms with Gasteiger partial charge in [0.15, 0.2) is 0 Å². The summed E-state index contributed by atoms with van der Waals surface area (Å²) in [5.74, 6) is -0.317. The molecule has 1 unspecified atom stereocenters. The molecule has 1 N–H and O–H groups in total. The van der Waals surface area contributed by atoms with Crippen LogP contribution in [0.2, 0.25) is 0 Å². The normalized spacial score (nSPS) is 12.5. The summed E-state index contributed by atoms with van der Waals surface area (Å²) >= 11 is 0. The van der Waals surface area contributed by atoms with E-state index in [0.29, 0.717) is 0 Å². The maximum atomic E-state index is 11.2. The van der Waals surface area contributed by atoms with E-state index in [1.165, 1.54) is 0 Å². The maximum absolute atomic E-state index is 11.2. The molecule has 0 aromatic carbocycles. The second-order valence-electron chi connectivity index (χ2n) is 2.62. The summed E-state index contributed by atoms with van der Waals surface area (Å²) < 4.78 is 4.90. The molecule has 0 aliphatic carbocycles. The van der Waals surface area contributed by atoms with Crippen LogP contribution in [-0.4, -0.2) is 15.9 Å². The summed E-state index contributed by atoms with van der Waals surface area (Å²) in [6, 6.07) is 0.264. The number of hydrogen-bond donors (Lipinski definition) is 1. The van der Waals surface area contributed by atoms with E-state index < -0.39 is 0 Å². The van der Waals surface area contributed by atoms with Gasteiger partial charge in [0.1, 0.15) is 0 Å². The second kappa shape index (κ2) is 3.90. The van der Waals surface area contributed by atoms with Crippen LogP contribution < -0.4 is 4.74 Å². The predicted octanol–water partition coefficient (Wildman–Crippen LogP) is 1.36. The third-order valence-corrected chi connectivity index (χ3v) is 1.69. The molecule has 0 aliphatic heterocycles. The molecule has 0 aliphatic rings. The molecule has 1 heterocycles.